The Labute approximate surface area is 129 Å². The number of aromatic nitrogens is 3. The summed E-state index contributed by atoms with van der Waals surface area (Å²) in [4.78, 5) is 23.8. The van der Waals surface area contributed by atoms with E-state index in [0.29, 0.717) is 10.7 Å². The van der Waals surface area contributed by atoms with E-state index in [4.69, 9.17) is 11.6 Å². The van der Waals surface area contributed by atoms with Crippen LogP contribution in [0.15, 0.2) is 24.5 Å². The zero-order valence-corrected chi connectivity index (χ0v) is 12.9. The Balaban J connectivity index is 2.15. The molecule has 2 rings (SSSR count). The summed E-state index contributed by atoms with van der Waals surface area (Å²) in [7, 11) is 0. The standard InChI is InChI=1S/C15H19ClN4O/c1-3-5-11-8-10(9-13(16)19-11)15(21)20-12(4-2)14-17-6-7-18-14/h6-9,12H,3-5H2,1-2H3,(H,17,18)(H,20,21). The van der Waals surface area contributed by atoms with E-state index in [0.717, 1.165) is 30.8 Å². The number of nitrogens with one attached hydrogen (secondary N) is 2. The van der Waals surface area contributed by atoms with Gasteiger partial charge in [0.1, 0.15) is 11.0 Å². The van der Waals surface area contributed by atoms with E-state index < -0.39 is 0 Å². The Hall–Kier alpha value is -1.88. The number of hydrogen-bond acceptors (Lipinski definition) is 3. The molecule has 1 atom stereocenters. The lowest BCUT2D eigenvalue weighted by molar-refractivity contribution is 0.0933. The van der Waals surface area contributed by atoms with Crippen molar-refractivity contribution in [3.05, 3.63) is 46.8 Å². The summed E-state index contributed by atoms with van der Waals surface area (Å²) in [5, 5.41) is 3.31. The number of rotatable bonds is 6. The molecule has 112 valence electrons. The third-order valence-electron chi connectivity index (χ3n) is 3.18. The molecule has 5 nitrogen and oxygen atoms in total. The minimum atomic E-state index is -0.167. The molecule has 0 aromatic carbocycles. The zero-order chi connectivity index (χ0) is 15.2. The normalized spacial score (nSPS) is 12.1. The molecule has 1 unspecified atom stereocenters. The van der Waals surface area contributed by atoms with Crippen LogP contribution in [-0.4, -0.2) is 20.9 Å². The molecule has 2 N–H and O–H groups in total. The number of hydrogen-bond donors (Lipinski definition) is 2. The van der Waals surface area contributed by atoms with Crippen LogP contribution in [0.4, 0.5) is 0 Å². The highest BCUT2D eigenvalue weighted by atomic mass is 35.5. The summed E-state index contributed by atoms with van der Waals surface area (Å²) < 4.78 is 0. The van der Waals surface area contributed by atoms with Crippen molar-refractivity contribution in [3.8, 4) is 0 Å². The molecule has 0 aliphatic rings. The molecular formula is C15H19ClN4O. The molecule has 0 aliphatic heterocycles. The maximum Gasteiger partial charge on any atom is 0.252 e. The number of imidazole rings is 1. The second kappa shape index (κ2) is 7.22. The van der Waals surface area contributed by atoms with E-state index >= 15 is 0 Å². The van der Waals surface area contributed by atoms with Crippen LogP contribution in [0.25, 0.3) is 0 Å². The van der Waals surface area contributed by atoms with E-state index in [1.54, 1.807) is 24.5 Å². The van der Waals surface area contributed by atoms with Gasteiger partial charge in [-0.2, -0.15) is 0 Å². The second-order valence-electron chi connectivity index (χ2n) is 4.83. The van der Waals surface area contributed by atoms with Gasteiger partial charge in [0.25, 0.3) is 5.91 Å². The van der Waals surface area contributed by atoms with Gasteiger partial charge in [-0.3, -0.25) is 4.79 Å². The first kappa shape index (κ1) is 15.5. The van der Waals surface area contributed by atoms with Crippen molar-refractivity contribution in [1.29, 1.82) is 0 Å². The van der Waals surface area contributed by atoms with Crippen LogP contribution in [0.5, 0.6) is 0 Å². The number of H-pyrrole nitrogens is 1. The number of halogens is 1. The summed E-state index contributed by atoms with van der Waals surface area (Å²) in [5.74, 6) is 0.583. The van der Waals surface area contributed by atoms with E-state index in [-0.39, 0.29) is 11.9 Å². The molecule has 0 aliphatic carbocycles. The minimum absolute atomic E-state index is 0.144. The molecule has 2 aromatic rings. The lowest BCUT2D eigenvalue weighted by Crippen LogP contribution is -2.29. The Morgan fingerprint density at radius 1 is 1.43 bits per heavy atom. The summed E-state index contributed by atoms with van der Waals surface area (Å²) in [5.41, 5.74) is 1.37. The average molecular weight is 307 g/mol. The summed E-state index contributed by atoms with van der Waals surface area (Å²) in [6.07, 6.45) is 5.92. The average Bonchev–Trinajstić information content (AvgIpc) is 2.98. The first-order valence-electron chi connectivity index (χ1n) is 7.10. The van der Waals surface area contributed by atoms with Gasteiger partial charge in [0.2, 0.25) is 0 Å². The number of amides is 1. The third kappa shape index (κ3) is 4.04. The monoisotopic (exact) mass is 306 g/mol. The van der Waals surface area contributed by atoms with Crippen LogP contribution >= 0.6 is 11.6 Å². The number of aromatic amines is 1. The van der Waals surface area contributed by atoms with Crippen LogP contribution in [0.2, 0.25) is 5.15 Å². The Morgan fingerprint density at radius 2 is 2.24 bits per heavy atom. The van der Waals surface area contributed by atoms with Gasteiger partial charge in [-0.25, -0.2) is 9.97 Å². The van der Waals surface area contributed by atoms with Crippen molar-refractivity contribution in [1.82, 2.24) is 20.3 Å². The van der Waals surface area contributed by atoms with Crippen LogP contribution in [0, 0.1) is 0 Å². The fraction of sp³-hybridized carbons (Fsp3) is 0.400. The molecular weight excluding hydrogens is 288 g/mol. The molecule has 2 heterocycles. The molecule has 0 saturated carbocycles. The third-order valence-corrected chi connectivity index (χ3v) is 3.37. The van der Waals surface area contributed by atoms with Gasteiger partial charge in [-0.05, 0) is 25.0 Å². The van der Waals surface area contributed by atoms with Gasteiger partial charge in [-0.1, -0.05) is 31.9 Å². The van der Waals surface area contributed by atoms with Gasteiger partial charge in [0.05, 0.1) is 6.04 Å². The van der Waals surface area contributed by atoms with E-state index in [2.05, 4.69) is 27.2 Å². The van der Waals surface area contributed by atoms with Crippen LogP contribution in [0.3, 0.4) is 0 Å². The molecule has 21 heavy (non-hydrogen) atoms. The van der Waals surface area contributed by atoms with Crippen molar-refractivity contribution >= 4 is 17.5 Å². The molecule has 0 spiro atoms. The largest absolute Gasteiger partial charge is 0.347 e. The van der Waals surface area contributed by atoms with Crippen molar-refractivity contribution in [2.24, 2.45) is 0 Å². The second-order valence-corrected chi connectivity index (χ2v) is 5.22. The van der Waals surface area contributed by atoms with Crippen molar-refractivity contribution < 1.29 is 4.79 Å². The lowest BCUT2D eigenvalue weighted by atomic mass is 10.1. The predicted molar refractivity (Wildman–Crippen MR) is 82.3 cm³/mol. The number of carbonyl (C=O) groups is 1. The van der Waals surface area contributed by atoms with Crippen LogP contribution < -0.4 is 5.32 Å². The van der Waals surface area contributed by atoms with Crippen LogP contribution in [-0.2, 0) is 6.42 Å². The SMILES string of the molecule is CCCc1cc(C(=O)NC(CC)c2ncc[nH]2)cc(Cl)n1. The highest BCUT2D eigenvalue weighted by Gasteiger charge is 2.17. The first-order valence-corrected chi connectivity index (χ1v) is 7.48. The Kier molecular flexibility index (Phi) is 5.33. The molecule has 0 radical (unpaired) electrons. The van der Waals surface area contributed by atoms with Gasteiger partial charge in [-0.15, -0.1) is 0 Å². The smallest absolute Gasteiger partial charge is 0.252 e. The zero-order valence-electron chi connectivity index (χ0n) is 12.2. The van der Waals surface area contributed by atoms with E-state index in [1.807, 2.05) is 6.92 Å². The number of nitrogens with zero attached hydrogens (tertiary/aromatic N) is 2. The predicted octanol–water partition coefficient (Wildman–Crippen LogP) is 3.29. The van der Waals surface area contributed by atoms with Gasteiger partial charge in [0, 0.05) is 23.7 Å². The van der Waals surface area contributed by atoms with Crippen molar-refractivity contribution in [2.45, 2.75) is 39.2 Å². The van der Waals surface area contributed by atoms with Crippen molar-refractivity contribution in [2.75, 3.05) is 0 Å². The number of pyridine rings is 1. The highest BCUT2D eigenvalue weighted by molar-refractivity contribution is 6.29. The highest BCUT2D eigenvalue weighted by Crippen LogP contribution is 2.16. The fourth-order valence-corrected chi connectivity index (χ4v) is 2.37. The van der Waals surface area contributed by atoms with Crippen molar-refractivity contribution in [3.63, 3.8) is 0 Å². The van der Waals surface area contributed by atoms with Gasteiger partial charge >= 0.3 is 0 Å². The molecule has 0 fully saturated rings. The van der Waals surface area contributed by atoms with Gasteiger partial charge in [0.15, 0.2) is 0 Å². The molecule has 0 saturated heterocycles. The molecule has 0 bridgehead atoms. The maximum absolute atomic E-state index is 12.4. The topological polar surface area (TPSA) is 70.7 Å². The lowest BCUT2D eigenvalue weighted by Gasteiger charge is -2.15. The maximum atomic E-state index is 12.4. The summed E-state index contributed by atoms with van der Waals surface area (Å²) in [6.45, 7) is 4.06. The molecule has 2 aromatic heterocycles. The number of carbonyl (C=O) groups excluding carboxylic acids is 1. The quantitative estimate of drug-likeness (QED) is 0.804. The fourth-order valence-electron chi connectivity index (χ4n) is 2.14. The van der Waals surface area contributed by atoms with Crippen LogP contribution in [0.1, 0.15) is 54.6 Å². The van der Waals surface area contributed by atoms with Gasteiger partial charge < -0.3 is 10.3 Å². The molecule has 6 heteroatoms. The Morgan fingerprint density at radius 3 is 2.86 bits per heavy atom. The number of aryl methyl sites for hydroxylation is 1. The van der Waals surface area contributed by atoms with E-state index in [1.165, 1.54) is 0 Å². The summed E-state index contributed by atoms with van der Waals surface area (Å²) >= 11 is 5.99. The minimum Gasteiger partial charge on any atom is -0.347 e. The van der Waals surface area contributed by atoms with E-state index in [9.17, 15) is 4.79 Å². The molecule has 1 amide bonds. The summed E-state index contributed by atoms with van der Waals surface area (Å²) in [6, 6.07) is 3.24. The Bertz CT molecular complexity index is 598. The first-order chi connectivity index (χ1) is 10.1.